The largest absolute Gasteiger partial charge is 0.414 e. The Balaban J connectivity index is 1.96. The molecule has 2 fully saturated rings. The molecule has 14 heavy (non-hydrogen) atoms. The highest BCUT2D eigenvalue weighted by Crippen LogP contribution is 2.54. The summed E-state index contributed by atoms with van der Waals surface area (Å²) in [5.74, 6) is 1.99. The molecule has 0 saturated heterocycles. The van der Waals surface area contributed by atoms with Gasteiger partial charge in [0.25, 0.3) is 0 Å². The van der Waals surface area contributed by atoms with Gasteiger partial charge in [-0.25, -0.2) is 0 Å². The van der Waals surface area contributed by atoms with Gasteiger partial charge >= 0.3 is 0 Å². The Morgan fingerprint density at radius 3 is 2.14 bits per heavy atom. The molecule has 2 rings (SSSR count). The van der Waals surface area contributed by atoms with Gasteiger partial charge in [-0.1, -0.05) is 20.8 Å². The molecular weight excluding hydrogens is 188 g/mol. The van der Waals surface area contributed by atoms with Crippen LogP contribution in [-0.4, -0.2) is 14.4 Å². The van der Waals surface area contributed by atoms with E-state index in [1.165, 1.54) is 19.3 Å². The van der Waals surface area contributed by atoms with Crippen LogP contribution in [0.5, 0.6) is 0 Å². The van der Waals surface area contributed by atoms with Gasteiger partial charge in [0.2, 0.25) is 0 Å². The van der Waals surface area contributed by atoms with Crippen LogP contribution in [0.1, 0.15) is 40.0 Å². The van der Waals surface area contributed by atoms with Gasteiger partial charge in [0.1, 0.15) is 0 Å². The fraction of sp³-hybridized carbons (Fsp3) is 1.00. The van der Waals surface area contributed by atoms with Gasteiger partial charge < -0.3 is 4.43 Å². The first-order valence-electron chi connectivity index (χ1n) is 5.99. The van der Waals surface area contributed by atoms with Gasteiger partial charge in [0.05, 0.1) is 0 Å². The first kappa shape index (κ1) is 10.7. The fourth-order valence-corrected chi connectivity index (χ4v) is 3.76. The predicted octanol–water partition coefficient (Wildman–Crippen LogP) is 3.81. The number of rotatable bonds is 2. The molecular formula is C12H24OSi. The van der Waals surface area contributed by atoms with Crippen molar-refractivity contribution in [1.29, 1.82) is 0 Å². The van der Waals surface area contributed by atoms with E-state index in [1.807, 2.05) is 0 Å². The monoisotopic (exact) mass is 212 g/mol. The Hall–Kier alpha value is 0.177. The predicted molar refractivity (Wildman–Crippen MR) is 62.9 cm³/mol. The molecule has 0 aromatic rings. The third-order valence-corrected chi connectivity index (χ3v) is 9.03. The van der Waals surface area contributed by atoms with Crippen LogP contribution >= 0.6 is 0 Å². The molecule has 1 nitrogen and oxygen atoms in total. The van der Waals surface area contributed by atoms with E-state index in [2.05, 4.69) is 33.9 Å². The number of hydrogen-bond acceptors (Lipinski definition) is 1. The highest BCUT2D eigenvalue weighted by molar-refractivity contribution is 6.74. The summed E-state index contributed by atoms with van der Waals surface area (Å²) in [6.45, 7) is 11.8. The zero-order valence-electron chi connectivity index (χ0n) is 10.3. The molecule has 2 aliphatic rings. The van der Waals surface area contributed by atoms with E-state index in [4.69, 9.17) is 4.43 Å². The van der Waals surface area contributed by atoms with Crippen LogP contribution in [0.3, 0.4) is 0 Å². The minimum Gasteiger partial charge on any atom is -0.414 e. The lowest BCUT2D eigenvalue weighted by atomic mass is 10.2. The normalized spacial score (nSPS) is 37.1. The lowest BCUT2D eigenvalue weighted by molar-refractivity contribution is 0.166. The number of fused-ring (bicyclic) bond motifs is 1. The van der Waals surface area contributed by atoms with E-state index in [0.29, 0.717) is 11.1 Å². The summed E-state index contributed by atoms with van der Waals surface area (Å²) < 4.78 is 6.46. The summed E-state index contributed by atoms with van der Waals surface area (Å²) in [5, 5.41) is 0.375. The summed E-state index contributed by atoms with van der Waals surface area (Å²) in [7, 11) is -1.49. The van der Waals surface area contributed by atoms with Gasteiger partial charge in [0.15, 0.2) is 8.32 Å². The summed E-state index contributed by atoms with van der Waals surface area (Å²) >= 11 is 0. The van der Waals surface area contributed by atoms with Crippen LogP contribution in [0.2, 0.25) is 18.1 Å². The van der Waals surface area contributed by atoms with Gasteiger partial charge in [-0.15, -0.1) is 0 Å². The van der Waals surface area contributed by atoms with Gasteiger partial charge in [-0.3, -0.25) is 0 Å². The standard InChI is InChI=1S/C12H24OSi/c1-12(2,3)14(4,5)13-11-7-6-9-8-10(9)11/h9-11H,6-8H2,1-5H3/t9-,10?,11-/m1/s1. The molecule has 1 unspecified atom stereocenters. The first-order chi connectivity index (χ1) is 6.31. The summed E-state index contributed by atoms with van der Waals surface area (Å²) in [5.41, 5.74) is 0. The quantitative estimate of drug-likeness (QED) is 0.633. The Bertz CT molecular complexity index is 229. The fourth-order valence-electron chi connectivity index (χ4n) is 2.35. The smallest absolute Gasteiger partial charge is 0.192 e. The van der Waals surface area contributed by atoms with Crippen molar-refractivity contribution in [3.63, 3.8) is 0 Å². The van der Waals surface area contributed by atoms with Crippen LogP contribution in [0.25, 0.3) is 0 Å². The summed E-state index contributed by atoms with van der Waals surface area (Å²) in [4.78, 5) is 0. The van der Waals surface area contributed by atoms with Gasteiger partial charge in [-0.2, -0.15) is 0 Å². The van der Waals surface area contributed by atoms with E-state index in [1.54, 1.807) is 0 Å². The second-order valence-corrected chi connectivity index (χ2v) is 11.4. The summed E-state index contributed by atoms with van der Waals surface area (Å²) in [6.07, 6.45) is 4.85. The van der Waals surface area contributed by atoms with E-state index in [0.717, 1.165) is 11.8 Å². The molecule has 2 heteroatoms. The highest BCUT2D eigenvalue weighted by Gasteiger charge is 2.51. The van der Waals surface area contributed by atoms with Crippen molar-refractivity contribution >= 4 is 8.32 Å². The topological polar surface area (TPSA) is 9.23 Å². The molecule has 0 aromatic heterocycles. The molecule has 0 amide bonds. The zero-order chi connectivity index (χ0) is 10.6. The Kier molecular flexibility index (Phi) is 2.35. The maximum Gasteiger partial charge on any atom is 0.192 e. The summed E-state index contributed by atoms with van der Waals surface area (Å²) in [6, 6.07) is 0. The lowest BCUT2D eigenvalue weighted by Gasteiger charge is -2.38. The molecule has 0 bridgehead atoms. The van der Waals surface area contributed by atoms with Crippen molar-refractivity contribution in [2.45, 2.75) is 64.3 Å². The van der Waals surface area contributed by atoms with Crippen LogP contribution < -0.4 is 0 Å². The van der Waals surface area contributed by atoms with Crippen molar-refractivity contribution in [3.8, 4) is 0 Å². The first-order valence-corrected chi connectivity index (χ1v) is 8.90. The SMILES string of the molecule is CC(C)(C)[Si](C)(C)O[C@@H]1CC[C@@H]2CC21. The molecule has 3 atom stereocenters. The Morgan fingerprint density at radius 2 is 1.79 bits per heavy atom. The van der Waals surface area contributed by atoms with Crippen LogP contribution in [0.4, 0.5) is 0 Å². The maximum atomic E-state index is 6.46. The minimum absolute atomic E-state index is 0.375. The van der Waals surface area contributed by atoms with Crippen molar-refractivity contribution < 1.29 is 4.43 Å². The van der Waals surface area contributed by atoms with Gasteiger partial charge in [-0.05, 0) is 49.2 Å². The van der Waals surface area contributed by atoms with Crippen molar-refractivity contribution in [3.05, 3.63) is 0 Å². The van der Waals surface area contributed by atoms with E-state index in [9.17, 15) is 0 Å². The van der Waals surface area contributed by atoms with Crippen molar-refractivity contribution in [1.82, 2.24) is 0 Å². The highest BCUT2D eigenvalue weighted by atomic mass is 28.4. The molecule has 0 N–H and O–H groups in total. The molecule has 0 aliphatic heterocycles. The van der Waals surface area contributed by atoms with Crippen molar-refractivity contribution in [2.75, 3.05) is 0 Å². The number of hydrogen-bond donors (Lipinski definition) is 0. The maximum absolute atomic E-state index is 6.46. The average Bonchev–Trinajstić information content (AvgIpc) is 2.68. The van der Waals surface area contributed by atoms with Crippen LogP contribution in [0.15, 0.2) is 0 Å². The average molecular weight is 212 g/mol. The third kappa shape index (κ3) is 1.79. The molecule has 0 spiro atoms. The van der Waals surface area contributed by atoms with Crippen molar-refractivity contribution in [2.24, 2.45) is 11.8 Å². The van der Waals surface area contributed by atoms with Crippen LogP contribution in [0, 0.1) is 11.8 Å². The Labute approximate surface area is 89.4 Å². The second kappa shape index (κ2) is 3.08. The minimum atomic E-state index is -1.49. The molecule has 0 heterocycles. The molecule has 2 saturated carbocycles. The van der Waals surface area contributed by atoms with Crippen LogP contribution in [-0.2, 0) is 4.43 Å². The van der Waals surface area contributed by atoms with E-state index >= 15 is 0 Å². The second-order valence-electron chi connectivity index (χ2n) is 6.65. The third-order valence-electron chi connectivity index (χ3n) is 4.53. The molecule has 82 valence electrons. The molecule has 0 aromatic carbocycles. The molecule has 0 radical (unpaired) electrons. The molecule has 2 aliphatic carbocycles. The van der Waals surface area contributed by atoms with Gasteiger partial charge in [0, 0.05) is 6.10 Å². The zero-order valence-corrected chi connectivity index (χ0v) is 11.3. The van der Waals surface area contributed by atoms with E-state index in [-0.39, 0.29) is 0 Å². The van der Waals surface area contributed by atoms with E-state index < -0.39 is 8.32 Å². The Morgan fingerprint density at radius 1 is 1.14 bits per heavy atom. The lowest BCUT2D eigenvalue weighted by Crippen LogP contribution is -2.44.